The predicted molar refractivity (Wildman–Crippen MR) is 137 cm³/mol. The number of halogens is 3. The fraction of sp³-hybridized carbons (Fsp3) is 0.593. The van der Waals surface area contributed by atoms with Crippen LogP contribution in [0.4, 0.5) is 13.2 Å². The third kappa shape index (κ3) is 8.35. The highest BCUT2D eigenvalue weighted by Crippen LogP contribution is 2.33. The second-order valence-corrected chi connectivity index (χ2v) is 11.3. The normalized spacial score (nSPS) is 29.1. The van der Waals surface area contributed by atoms with Crippen LogP contribution in [0.5, 0.6) is 0 Å². The fourth-order valence-corrected chi connectivity index (χ4v) is 4.74. The van der Waals surface area contributed by atoms with Crippen LogP contribution in [0, 0.1) is 24.2 Å². The molecule has 0 saturated carbocycles. The molecule has 206 valence electrons. The Balaban J connectivity index is 2.50. The van der Waals surface area contributed by atoms with Crippen molar-refractivity contribution in [1.29, 1.82) is 0 Å². The number of aryl methyl sites for hydroxylation is 1. The van der Waals surface area contributed by atoms with Crippen molar-refractivity contribution < 1.29 is 37.7 Å². The van der Waals surface area contributed by atoms with E-state index in [2.05, 4.69) is 4.98 Å². The quantitative estimate of drug-likeness (QED) is 0.373. The number of aliphatic hydroxyl groups excluding tert-OH is 2. The number of rotatable bonds is 2. The van der Waals surface area contributed by atoms with Crippen molar-refractivity contribution in [3.8, 4) is 0 Å². The molecule has 1 aromatic rings. The molecule has 6 nitrogen and oxygen atoms in total. The van der Waals surface area contributed by atoms with E-state index < -0.39 is 71.9 Å². The lowest BCUT2D eigenvalue weighted by molar-refractivity contribution is -0.154. The lowest BCUT2D eigenvalue weighted by Gasteiger charge is -2.34. The number of carbonyl (C=O) groups is 2. The predicted octanol–water partition coefficient (Wildman–Crippen LogP) is 5.58. The average molecular weight is 544 g/mol. The number of esters is 1. The Morgan fingerprint density at radius 2 is 1.89 bits per heavy atom. The Morgan fingerprint density at radius 1 is 1.24 bits per heavy atom. The number of ether oxygens (including phenoxy) is 1. The van der Waals surface area contributed by atoms with E-state index in [-0.39, 0.29) is 6.42 Å². The number of aromatic nitrogens is 1. The number of cyclic esters (lactones) is 1. The van der Waals surface area contributed by atoms with E-state index in [0.717, 1.165) is 11.1 Å². The molecule has 0 aliphatic carbocycles. The van der Waals surface area contributed by atoms with Gasteiger partial charge in [0.25, 0.3) is 0 Å². The molecule has 1 aliphatic rings. The maximum absolute atomic E-state index is 13.8. The topological polar surface area (TPSA) is 96.7 Å². The molecule has 10 heteroatoms. The molecular formula is C27H36F3NO5S. The summed E-state index contributed by atoms with van der Waals surface area (Å²) in [6.07, 6.45) is -4.04. The fourth-order valence-electron chi connectivity index (χ4n) is 4.17. The highest BCUT2D eigenvalue weighted by Gasteiger charge is 2.42. The molecule has 0 fully saturated rings. The number of thiazole rings is 1. The van der Waals surface area contributed by atoms with Gasteiger partial charge in [-0.15, -0.1) is 11.3 Å². The molecule has 1 unspecified atom stereocenters. The van der Waals surface area contributed by atoms with E-state index in [4.69, 9.17) is 4.74 Å². The van der Waals surface area contributed by atoms with Gasteiger partial charge in [0.05, 0.1) is 34.7 Å². The van der Waals surface area contributed by atoms with E-state index in [1.54, 1.807) is 25.3 Å². The zero-order chi connectivity index (χ0) is 28.1. The summed E-state index contributed by atoms with van der Waals surface area (Å²) in [7, 11) is 0. The van der Waals surface area contributed by atoms with Crippen molar-refractivity contribution in [2.75, 3.05) is 0 Å². The highest BCUT2D eigenvalue weighted by atomic mass is 32.1. The van der Waals surface area contributed by atoms with E-state index in [1.165, 1.54) is 44.3 Å². The molecule has 1 aromatic heterocycles. The Kier molecular flexibility index (Phi) is 10.4. The highest BCUT2D eigenvalue weighted by molar-refractivity contribution is 7.09. The molecule has 2 N–H and O–H groups in total. The first-order valence-corrected chi connectivity index (χ1v) is 13.0. The average Bonchev–Trinajstić information content (AvgIpc) is 3.21. The van der Waals surface area contributed by atoms with Crippen LogP contribution in [0.25, 0.3) is 6.08 Å². The summed E-state index contributed by atoms with van der Waals surface area (Å²) in [5.41, 5.74) is -1.11. The van der Waals surface area contributed by atoms with Crippen LogP contribution in [0.1, 0.15) is 64.6 Å². The summed E-state index contributed by atoms with van der Waals surface area (Å²) >= 11 is 1.41. The first-order valence-electron chi connectivity index (χ1n) is 12.2. The molecule has 2 rings (SSSR count). The van der Waals surface area contributed by atoms with Crippen LogP contribution in [0.2, 0.25) is 0 Å². The van der Waals surface area contributed by atoms with Crippen molar-refractivity contribution in [1.82, 2.24) is 4.98 Å². The minimum Gasteiger partial charge on any atom is -0.457 e. The third-order valence-corrected chi connectivity index (χ3v) is 7.60. The first-order chi connectivity index (χ1) is 17.0. The summed E-state index contributed by atoms with van der Waals surface area (Å²) in [5.74, 6) is -2.85. The van der Waals surface area contributed by atoms with Crippen LogP contribution >= 0.6 is 11.3 Å². The van der Waals surface area contributed by atoms with Gasteiger partial charge in [0.2, 0.25) is 0 Å². The lowest BCUT2D eigenvalue weighted by atomic mass is 9.73. The Morgan fingerprint density at radius 3 is 2.46 bits per heavy atom. The van der Waals surface area contributed by atoms with Gasteiger partial charge in [0.1, 0.15) is 11.9 Å². The molecule has 1 aliphatic heterocycles. The molecule has 37 heavy (non-hydrogen) atoms. The zero-order valence-electron chi connectivity index (χ0n) is 22.0. The monoisotopic (exact) mass is 543 g/mol. The van der Waals surface area contributed by atoms with E-state index in [1.807, 2.05) is 6.92 Å². The van der Waals surface area contributed by atoms with Gasteiger partial charge in [-0.1, -0.05) is 45.9 Å². The number of alkyl halides is 3. The summed E-state index contributed by atoms with van der Waals surface area (Å²) in [5, 5.41) is 24.0. The van der Waals surface area contributed by atoms with Crippen LogP contribution in [0.15, 0.2) is 34.8 Å². The van der Waals surface area contributed by atoms with Gasteiger partial charge in [-0.05, 0) is 31.9 Å². The van der Waals surface area contributed by atoms with Crippen molar-refractivity contribution >= 4 is 29.2 Å². The molecule has 0 aromatic carbocycles. The summed E-state index contributed by atoms with van der Waals surface area (Å²) < 4.78 is 46.8. The molecular weight excluding hydrogens is 507 g/mol. The van der Waals surface area contributed by atoms with E-state index in [9.17, 15) is 33.0 Å². The molecule has 0 bridgehead atoms. The number of carbonyl (C=O) groups excluding carboxylic acids is 2. The summed E-state index contributed by atoms with van der Waals surface area (Å²) in [6, 6.07) is 0. The largest absolute Gasteiger partial charge is 0.457 e. The standard InChI is InChI=1S/C27H36F3NO5S/c1-15-8-7-9-19(27(28,29)30)10-11-21(16(2)12-20-14-37-18(4)31-20)36-23(33)13-22(32)26(5,6)25(35)17(3)24(15)34/h7-8,10,12,14-15,17,21-22,24,32,34H,9,11,13H2,1-6H3/t15-,17+,21?,22-,24-/m0/s1. The lowest BCUT2D eigenvalue weighted by Crippen LogP contribution is -2.45. The molecule has 0 radical (unpaired) electrons. The minimum atomic E-state index is -4.61. The van der Waals surface area contributed by atoms with Gasteiger partial charge in [-0.2, -0.15) is 13.2 Å². The van der Waals surface area contributed by atoms with Gasteiger partial charge in [-0.25, -0.2) is 4.98 Å². The SMILES string of the molecule is CC(=Cc1csc(C)n1)C1CC=C(C(F)(F)F)CC=C[C@H](C)[C@H](O)[C@@H](C)C(=O)C(C)(C)[C@@H](O)CC(=O)O1. The second kappa shape index (κ2) is 12.5. The van der Waals surface area contributed by atoms with Gasteiger partial charge < -0.3 is 14.9 Å². The van der Waals surface area contributed by atoms with Crippen molar-refractivity contribution in [3.63, 3.8) is 0 Å². The maximum Gasteiger partial charge on any atom is 0.412 e. The zero-order valence-corrected chi connectivity index (χ0v) is 22.8. The number of hydrogen-bond donors (Lipinski definition) is 2. The molecule has 2 heterocycles. The molecule has 0 amide bonds. The number of ketones is 1. The number of allylic oxidation sites excluding steroid dienone is 2. The van der Waals surface area contributed by atoms with Crippen LogP contribution in [-0.2, 0) is 14.3 Å². The summed E-state index contributed by atoms with van der Waals surface area (Å²) in [6.45, 7) is 9.55. The third-order valence-electron chi connectivity index (χ3n) is 6.81. The van der Waals surface area contributed by atoms with E-state index in [0.29, 0.717) is 11.3 Å². The van der Waals surface area contributed by atoms with Gasteiger partial charge in [0.15, 0.2) is 0 Å². The van der Waals surface area contributed by atoms with Crippen molar-refractivity contribution in [3.05, 3.63) is 45.5 Å². The Bertz CT molecular complexity index is 1060. The number of Topliss-reactive ketones (excluding diaryl/α,β-unsaturated/α-hetero) is 1. The number of aliphatic hydroxyl groups is 2. The molecule has 0 spiro atoms. The number of hydrogen-bond acceptors (Lipinski definition) is 7. The first kappa shape index (κ1) is 30.9. The summed E-state index contributed by atoms with van der Waals surface area (Å²) in [4.78, 5) is 30.2. The smallest absolute Gasteiger partial charge is 0.412 e. The van der Waals surface area contributed by atoms with Crippen LogP contribution < -0.4 is 0 Å². The number of nitrogens with zero attached hydrogens (tertiary/aromatic N) is 1. The van der Waals surface area contributed by atoms with Crippen LogP contribution in [-0.4, -0.2) is 51.4 Å². The maximum atomic E-state index is 13.8. The minimum absolute atomic E-state index is 0.243. The van der Waals surface area contributed by atoms with Crippen LogP contribution in [0.3, 0.4) is 0 Å². The van der Waals surface area contributed by atoms with Gasteiger partial charge >= 0.3 is 12.1 Å². The molecule has 0 saturated heterocycles. The Hall–Kier alpha value is -2.30. The van der Waals surface area contributed by atoms with Crippen molar-refractivity contribution in [2.45, 2.75) is 85.3 Å². The van der Waals surface area contributed by atoms with Crippen molar-refractivity contribution in [2.24, 2.45) is 17.3 Å². The van der Waals surface area contributed by atoms with E-state index >= 15 is 0 Å². The van der Waals surface area contributed by atoms with Gasteiger partial charge in [-0.3, -0.25) is 9.59 Å². The second-order valence-electron chi connectivity index (χ2n) is 10.2. The molecule has 5 atom stereocenters. The Labute approximate surface area is 219 Å². The van der Waals surface area contributed by atoms with Gasteiger partial charge in [0, 0.05) is 29.2 Å².